The summed E-state index contributed by atoms with van der Waals surface area (Å²) in [6.45, 7) is 3.60. The fourth-order valence-corrected chi connectivity index (χ4v) is 2.79. The maximum Gasteiger partial charge on any atom is 0.244 e. The summed E-state index contributed by atoms with van der Waals surface area (Å²) in [5, 5.41) is 0. The third-order valence-electron chi connectivity index (χ3n) is 2.28. The third kappa shape index (κ3) is 4.99. The van der Waals surface area contributed by atoms with E-state index in [1.807, 2.05) is 0 Å². The molecule has 0 radical (unpaired) electrons. The van der Waals surface area contributed by atoms with Crippen molar-refractivity contribution in [1.82, 2.24) is 9.79 Å². The zero-order valence-electron chi connectivity index (χ0n) is 9.85. The number of ether oxygens (including phenoxy) is 1. The standard InChI is InChI=1S/C9H18N2O5S/c1-2-16-10-9(12)3-8-17(13,14)11-4-6-15-7-5-11/h2-8H2,1H3,(H,10,12). The van der Waals surface area contributed by atoms with Crippen molar-refractivity contribution in [1.29, 1.82) is 0 Å². The largest absolute Gasteiger partial charge is 0.379 e. The van der Waals surface area contributed by atoms with E-state index >= 15 is 0 Å². The van der Waals surface area contributed by atoms with Crippen molar-refractivity contribution in [2.45, 2.75) is 13.3 Å². The van der Waals surface area contributed by atoms with Gasteiger partial charge in [-0.1, -0.05) is 0 Å². The van der Waals surface area contributed by atoms with E-state index in [2.05, 4.69) is 10.3 Å². The summed E-state index contributed by atoms with van der Waals surface area (Å²) in [6.07, 6.45) is -0.0975. The number of rotatable bonds is 6. The second-order valence-corrected chi connectivity index (χ2v) is 5.62. The van der Waals surface area contributed by atoms with Gasteiger partial charge in [0.15, 0.2) is 0 Å². The van der Waals surface area contributed by atoms with E-state index in [-0.39, 0.29) is 12.2 Å². The molecule has 1 saturated heterocycles. The summed E-state index contributed by atoms with van der Waals surface area (Å²) in [6, 6.07) is 0. The van der Waals surface area contributed by atoms with Crippen LogP contribution in [0.15, 0.2) is 0 Å². The van der Waals surface area contributed by atoms with E-state index in [9.17, 15) is 13.2 Å². The minimum Gasteiger partial charge on any atom is -0.379 e. The Labute approximate surface area is 101 Å². The summed E-state index contributed by atoms with van der Waals surface area (Å²) >= 11 is 0. The Balaban J connectivity index is 2.35. The van der Waals surface area contributed by atoms with Gasteiger partial charge in [0.1, 0.15) is 0 Å². The molecule has 0 aromatic carbocycles. The zero-order valence-corrected chi connectivity index (χ0v) is 10.7. The predicted octanol–water partition coefficient (Wildman–Crippen LogP) is -0.894. The first-order chi connectivity index (χ1) is 8.06. The molecule has 0 spiro atoms. The van der Waals surface area contributed by atoms with Crippen LogP contribution in [0.2, 0.25) is 0 Å². The first-order valence-electron chi connectivity index (χ1n) is 5.52. The summed E-state index contributed by atoms with van der Waals surface area (Å²) < 4.78 is 30.0. The van der Waals surface area contributed by atoms with Crippen LogP contribution >= 0.6 is 0 Å². The highest BCUT2D eigenvalue weighted by molar-refractivity contribution is 7.89. The van der Waals surface area contributed by atoms with Gasteiger partial charge in [-0.3, -0.25) is 9.63 Å². The Morgan fingerprint density at radius 2 is 2.06 bits per heavy atom. The molecule has 0 aliphatic carbocycles. The van der Waals surface area contributed by atoms with Crippen molar-refractivity contribution in [3.63, 3.8) is 0 Å². The molecule has 0 unspecified atom stereocenters. The Hall–Kier alpha value is -0.700. The normalized spacial score (nSPS) is 17.9. The highest BCUT2D eigenvalue weighted by Crippen LogP contribution is 2.06. The molecule has 7 nitrogen and oxygen atoms in total. The Morgan fingerprint density at radius 3 is 2.65 bits per heavy atom. The van der Waals surface area contributed by atoms with E-state index in [1.54, 1.807) is 6.92 Å². The fraction of sp³-hybridized carbons (Fsp3) is 0.889. The predicted molar refractivity (Wildman–Crippen MR) is 60.6 cm³/mol. The van der Waals surface area contributed by atoms with Crippen molar-refractivity contribution in [2.75, 3.05) is 38.7 Å². The smallest absolute Gasteiger partial charge is 0.244 e. The molecule has 1 aliphatic rings. The second-order valence-electron chi connectivity index (χ2n) is 3.54. The zero-order chi connectivity index (χ0) is 12.7. The number of hydrogen-bond acceptors (Lipinski definition) is 5. The van der Waals surface area contributed by atoms with Gasteiger partial charge in [0, 0.05) is 19.5 Å². The van der Waals surface area contributed by atoms with Gasteiger partial charge in [-0.15, -0.1) is 0 Å². The van der Waals surface area contributed by atoms with E-state index < -0.39 is 15.9 Å². The highest BCUT2D eigenvalue weighted by atomic mass is 32.2. The van der Waals surface area contributed by atoms with Gasteiger partial charge < -0.3 is 4.74 Å². The van der Waals surface area contributed by atoms with Crippen LogP contribution in [0.4, 0.5) is 0 Å². The topological polar surface area (TPSA) is 84.9 Å². The lowest BCUT2D eigenvalue weighted by atomic mass is 10.5. The summed E-state index contributed by atoms with van der Waals surface area (Å²) in [5.74, 6) is -0.630. The third-order valence-corrected chi connectivity index (χ3v) is 4.15. The van der Waals surface area contributed by atoms with Crippen molar-refractivity contribution in [3.8, 4) is 0 Å². The Morgan fingerprint density at radius 1 is 1.41 bits per heavy atom. The van der Waals surface area contributed by atoms with Crippen LogP contribution in [-0.4, -0.2) is 57.3 Å². The van der Waals surface area contributed by atoms with Crippen LogP contribution in [0.25, 0.3) is 0 Å². The lowest BCUT2D eigenvalue weighted by Crippen LogP contribution is -2.42. The molecule has 0 aromatic rings. The van der Waals surface area contributed by atoms with Crippen molar-refractivity contribution in [3.05, 3.63) is 0 Å². The molecule has 1 amide bonds. The van der Waals surface area contributed by atoms with E-state index in [1.165, 1.54) is 4.31 Å². The van der Waals surface area contributed by atoms with Crippen LogP contribution in [0.5, 0.6) is 0 Å². The van der Waals surface area contributed by atoms with Crippen LogP contribution in [-0.2, 0) is 24.4 Å². The Kier molecular flexibility index (Phi) is 5.83. The SMILES string of the molecule is CCONC(=O)CCS(=O)(=O)N1CCOCC1. The number of hydroxylamine groups is 1. The molecular formula is C9H18N2O5S. The molecular weight excluding hydrogens is 248 g/mol. The quantitative estimate of drug-likeness (QED) is 0.630. The minimum atomic E-state index is -3.37. The molecule has 0 bridgehead atoms. The van der Waals surface area contributed by atoms with Crippen molar-refractivity contribution >= 4 is 15.9 Å². The minimum absolute atomic E-state index is 0.0975. The first kappa shape index (κ1) is 14.4. The van der Waals surface area contributed by atoms with Crippen molar-refractivity contribution in [2.24, 2.45) is 0 Å². The Bertz CT molecular complexity index is 337. The monoisotopic (exact) mass is 266 g/mol. The van der Waals surface area contributed by atoms with Crippen molar-refractivity contribution < 1.29 is 22.8 Å². The van der Waals surface area contributed by atoms with Crippen LogP contribution in [0.1, 0.15) is 13.3 Å². The second kappa shape index (κ2) is 6.90. The number of sulfonamides is 1. The molecule has 1 fully saturated rings. The number of carbonyl (C=O) groups excluding carboxylic acids is 1. The van der Waals surface area contributed by atoms with Gasteiger partial charge in [0.25, 0.3) is 0 Å². The van der Waals surface area contributed by atoms with Gasteiger partial charge in [0.05, 0.1) is 25.6 Å². The maximum atomic E-state index is 11.8. The number of amides is 1. The number of nitrogens with one attached hydrogen (secondary N) is 1. The fourth-order valence-electron chi connectivity index (χ4n) is 1.38. The molecule has 1 N–H and O–H groups in total. The average molecular weight is 266 g/mol. The van der Waals surface area contributed by atoms with E-state index in [0.717, 1.165) is 0 Å². The average Bonchev–Trinajstić information content (AvgIpc) is 2.35. The molecule has 1 heterocycles. The number of nitrogens with zero attached hydrogens (tertiary/aromatic N) is 1. The van der Waals surface area contributed by atoms with Gasteiger partial charge in [-0.2, -0.15) is 4.31 Å². The lowest BCUT2D eigenvalue weighted by Gasteiger charge is -2.25. The molecule has 100 valence electrons. The highest BCUT2D eigenvalue weighted by Gasteiger charge is 2.24. The number of hydrogen-bond donors (Lipinski definition) is 1. The van der Waals surface area contributed by atoms with Crippen LogP contribution < -0.4 is 5.48 Å². The first-order valence-corrected chi connectivity index (χ1v) is 7.13. The summed E-state index contributed by atoms with van der Waals surface area (Å²) in [5.41, 5.74) is 2.16. The van der Waals surface area contributed by atoms with Crippen LogP contribution in [0, 0.1) is 0 Å². The molecule has 0 aromatic heterocycles. The molecule has 0 atom stereocenters. The van der Waals surface area contributed by atoms with Gasteiger partial charge in [0.2, 0.25) is 15.9 Å². The molecule has 0 saturated carbocycles. The lowest BCUT2D eigenvalue weighted by molar-refractivity contribution is -0.132. The summed E-state index contributed by atoms with van der Waals surface area (Å²) in [4.78, 5) is 15.9. The molecule has 1 rings (SSSR count). The van der Waals surface area contributed by atoms with Gasteiger partial charge in [-0.05, 0) is 6.92 Å². The molecule has 17 heavy (non-hydrogen) atoms. The van der Waals surface area contributed by atoms with E-state index in [4.69, 9.17) is 4.74 Å². The number of carbonyl (C=O) groups is 1. The summed E-state index contributed by atoms with van der Waals surface area (Å²) in [7, 11) is -3.37. The maximum absolute atomic E-state index is 11.8. The van der Waals surface area contributed by atoms with Gasteiger partial charge >= 0.3 is 0 Å². The van der Waals surface area contributed by atoms with E-state index in [0.29, 0.717) is 32.9 Å². The molecule has 8 heteroatoms. The van der Waals surface area contributed by atoms with Crippen LogP contribution in [0.3, 0.4) is 0 Å². The van der Waals surface area contributed by atoms with Gasteiger partial charge in [-0.25, -0.2) is 13.9 Å². The number of morpholine rings is 1. The molecule has 1 aliphatic heterocycles.